The van der Waals surface area contributed by atoms with Crippen molar-refractivity contribution in [2.24, 2.45) is 0 Å². The van der Waals surface area contributed by atoms with Crippen LogP contribution < -0.4 is 4.57 Å². The Kier molecular flexibility index (Phi) is 3.92. The lowest BCUT2D eigenvalue weighted by Crippen LogP contribution is -2.45. The second-order valence-corrected chi connectivity index (χ2v) is 10.5. The maximum Gasteiger partial charge on any atom is 0.313 e. The van der Waals surface area contributed by atoms with Gasteiger partial charge in [0.2, 0.25) is 0 Å². The van der Waals surface area contributed by atoms with Crippen LogP contribution in [0.5, 0.6) is 0 Å². The van der Waals surface area contributed by atoms with Crippen LogP contribution in [0.2, 0.25) is 0 Å². The van der Waals surface area contributed by atoms with Gasteiger partial charge in [-0.15, -0.1) is 5.10 Å². The minimum Gasteiger partial charge on any atom is -0.273 e. The molecule has 0 bridgehead atoms. The van der Waals surface area contributed by atoms with Crippen molar-refractivity contribution in [1.29, 1.82) is 0 Å². The van der Waals surface area contributed by atoms with E-state index in [-0.39, 0.29) is 17.5 Å². The van der Waals surface area contributed by atoms with Crippen molar-refractivity contribution >= 4 is 37.4 Å². The first-order valence-electron chi connectivity index (χ1n) is 10.3. The molecule has 31 heavy (non-hydrogen) atoms. The Morgan fingerprint density at radius 3 is 2.81 bits per heavy atom. The molecule has 0 radical (unpaired) electrons. The Hall–Kier alpha value is -3.33. The number of nitrogens with one attached hydrogen (secondary N) is 1. The van der Waals surface area contributed by atoms with Crippen molar-refractivity contribution in [1.82, 2.24) is 24.8 Å². The lowest BCUT2D eigenvalue weighted by Gasteiger charge is -2.21. The van der Waals surface area contributed by atoms with Crippen LogP contribution in [0.15, 0.2) is 48.9 Å². The van der Waals surface area contributed by atoms with Crippen molar-refractivity contribution in [2.75, 3.05) is 11.5 Å². The van der Waals surface area contributed by atoms with Crippen molar-refractivity contribution in [2.45, 2.75) is 25.8 Å². The number of rotatable bonds is 2. The molecule has 0 aliphatic carbocycles. The molecular weight excluding hydrogens is 412 g/mol. The number of aromatic nitrogens is 6. The Morgan fingerprint density at radius 2 is 1.97 bits per heavy atom. The molecule has 0 saturated carbocycles. The average Bonchev–Trinajstić information content (AvgIpc) is 3.37. The highest BCUT2D eigenvalue weighted by Crippen LogP contribution is 2.29. The number of para-hydroxylation sites is 1. The van der Waals surface area contributed by atoms with Gasteiger partial charge in [-0.2, -0.15) is 0 Å². The minimum absolute atomic E-state index is 0.100. The summed E-state index contributed by atoms with van der Waals surface area (Å²) in [7, 11) is -2.94. The monoisotopic (exact) mass is 433 g/mol. The van der Waals surface area contributed by atoms with E-state index in [2.05, 4.69) is 37.1 Å². The molecule has 5 aromatic rings. The van der Waals surface area contributed by atoms with E-state index in [0.29, 0.717) is 12.8 Å². The van der Waals surface area contributed by atoms with Crippen LogP contribution in [0, 0.1) is 6.92 Å². The van der Waals surface area contributed by atoms with Gasteiger partial charge < -0.3 is 0 Å². The predicted molar refractivity (Wildman–Crippen MR) is 117 cm³/mol. The first kappa shape index (κ1) is 18.4. The largest absolute Gasteiger partial charge is 0.313 e. The molecular formula is C22H21N6O2S+. The molecule has 0 spiro atoms. The highest BCUT2D eigenvalue weighted by Gasteiger charge is 2.32. The summed E-state index contributed by atoms with van der Waals surface area (Å²) in [6.07, 6.45) is 6.98. The zero-order valence-corrected chi connectivity index (χ0v) is 17.8. The van der Waals surface area contributed by atoms with E-state index in [9.17, 15) is 8.42 Å². The Balaban J connectivity index is 1.57. The third kappa shape index (κ3) is 2.91. The number of nitrogens with zero attached hydrogens (tertiary/aromatic N) is 5. The van der Waals surface area contributed by atoms with Crippen LogP contribution in [-0.4, -0.2) is 44.7 Å². The third-order valence-electron chi connectivity index (χ3n) is 6.21. The first-order chi connectivity index (χ1) is 15.0. The molecule has 0 atom stereocenters. The number of pyridine rings is 1. The van der Waals surface area contributed by atoms with E-state index in [4.69, 9.17) is 0 Å². The molecule has 156 valence electrons. The molecule has 0 amide bonds. The van der Waals surface area contributed by atoms with E-state index in [0.717, 1.165) is 44.4 Å². The fourth-order valence-corrected chi connectivity index (χ4v) is 6.05. The number of sulfone groups is 1. The van der Waals surface area contributed by atoms with E-state index >= 15 is 0 Å². The Bertz CT molecular complexity index is 1570. The highest BCUT2D eigenvalue weighted by molar-refractivity contribution is 7.91. The molecule has 1 aliphatic rings. The van der Waals surface area contributed by atoms with Gasteiger partial charge in [0.1, 0.15) is 17.6 Å². The third-order valence-corrected chi connectivity index (χ3v) is 7.93. The molecule has 5 heterocycles. The quantitative estimate of drug-likeness (QED) is 0.432. The van der Waals surface area contributed by atoms with Crippen molar-refractivity contribution in [3.8, 4) is 11.3 Å². The molecule has 4 aromatic heterocycles. The van der Waals surface area contributed by atoms with Crippen LogP contribution in [0.4, 0.5) is 0 Å². The highest BCUT2D eigenvalue weighted by atomic mass is 32.2. The zero-order chi connectivity index (χ0) is 21.2. The lowest BCUT2D eigenvalue weighted by molar-refractivity contribution is -0.701. The normalized spacial score (nSPS) is 17.1. The molecule has 1 N–H and O–H groups in total. The maximum atomic E-state index is 12.0. The van der Waals surface area contributed by atoms with Gasteiger partial charge in [-0.05, 0) is 19.1 Å². The van der Waals surface area contributed by atoms with Crippen molar-refractivity contribution in [3.63, 3.8) is 0 Å². The van der Waals surface area contributed by atoms with Gasteiger partial charge in [0.05, 0.1) is 34.5 Å². The van der Waals surface area contributed by atoms with Crippen LogP contribution in [0.1, 0.15) is 24.4 Å². The smallest absolute Gasteiger partial charge is 0.273 e. The molecule has 1 aliphatic heterocycles. The number of H-pyrrole nitrogens is 1. The molecule has 9 heteroatoms. The van der Waals surface area contributed by atoms with E-state index in [1.54, 1.807) is 0 Å². The first-order valence-corrected chi connectivity index (χ1v) is 12.1. The Morgan fingerprint density at radius 1 is 1.16 bits per heavy atom. The molecule has 1 fully saturated rings. The number of aromatic amines is 1. The summed E-state index contributed by atoms with van der Waals surface area (Å²) in [5.74, 6) is 0.434. The molecule has 8 nitrogen and oxygen atoms in total. The fourth-order valence-electron chi connectivity index (χ4n) is 4.58. The molecule has 6 rings (SSSR count). The molecule has 1 saturated heterocycles. The topological polar surface area (TPSA) is 96.9 Å². The van der Waals surface area contributed by atoms with Gasteiger partial charge in [-0.25, -0.2) is 13.0 Å². The van der Waals surface area contributed by atoms with Crippen LogP contribution >= 0.6 is 0 Å². The number of hydrogen-bond donors (Lipinski definition) is 1. The van der Waals surface area contributed by atoms with Gasteiger partial charge in [0.15, 0.2) is 9.84 Å². The second-order valence-electron chi connectivity index (χ2n) is 8.23. The summed E-state index contributed by atoms with van der Waals surface area (Å²) in [4.78, 5) is 4.59. The minimum atomic E-state index is -2.94. The average molecular weight is 434 g/mol. The summed E-state index contributed by atoms with van der Waals surface area (Å²) in [5, 5.41) is 14.3. The van der Waals surface area contributed by atoms with E-state index in [1.807, 2.05) is 48.1 Å². The fraction of sp³-hybridized carbons (Fsp3) is 0.273. The summed E-state index contributed by atoms with van der Waals surface area (Å²) in [6.45, 7) is 2.02. The van der Waals surface area contributed by atoms with Gasteiger partial charge in [0.25, 0.3) is 5.65 Å². The number of benzene rings is 1. The summed E-state index contributed by atoms with van der Waals surface area (Å²) in [6, 6.07) is 10.2. The van der Waals surface area contributed by atoms with Gasteiger partial charge >= 0.3 is 5.65 Å². The number of aryl methyl sites for hydroxylation is 1. The number of hydrogen-bond acceptors (Lipinski definition) is 5. The van der Waals surface area contributed by atoms with E-state index < -0.39 is 9.84 Å². The molecule has 1 aromatic carbocycles. The molecule has 0 unspecified atom stereocenters. The summed E-state index contributed by atoms with van der Waals surface area (Å²) in [5.41, 5.74) is 5.49. The summed E-state index contributed by atoms with van der Waals surface area (Å²) >= 11 is 0. The van der Waals surface area contributed by atoms with Gasteiger partial charge in [-0.3, -0.25) is 10.1 Å². The van der Waals surface area contributed by atoms with Crippen LogP contribution in [-0.2, 0) is 9.84 Å². The van der Waals surface area contributed by atoms with Crippen LogP contribution in [0.3, 0.4) is 0 Å². The van der Waals surface area contributed by atoms with Crippen molar-refractivity contribution in [3.05, 3.63) is 54.5 Å². The maximum absolute atomic E-state index is 12.0. The van der Waals surface area contributed by atoms with E-state index in [1.165, 1.54) is 0 Å². The van der Waals surface area contributed by atoms with Crippen LogP contribution in [0.25, 0.3) is 38.8 Å². The van der Waals surface area contributed by atoms with Gasteiger partial charge in [0, 0.05) is 30.0 Å². The Labute approximate surface area is 178 Å². The second kappa shape index (κ2) is 6.58. The summed E-state index contributed by atoms with van der Waals surface area (Å²) < 4.78 is 28.0. The van der Waals surface area contributed by atoms with Crippen molar-refractivity contribution < 1.29 is 13.0 Å². The zero-order valence-electron chi connectivity index (χ0n) is 17.0. The lowest BCUT2D eigenvalue weighted by atomic mass is 10.1. The SMILES string of the molecule is Cc1cnn2c3n[nH]c(-c4cnc5ccccc5c4)c3c[n+](C3CCS(=O)(=O)CC3)c12. The van der Waals surface area contributed by atoms with Gasteiger partial charge in [-0.1, -0.05) is 27.8 Å². The standard InChI is InChI=1S/C22H20N6O2S/c1-14-11-24-28-21-18(13-27(22(14)28)17-6-8-31(29,30)9-7-17)20(25-26-21)16-10-15-4-2-3-5-19(15)23-12-16/h2-5,10-13,17H,6-9H2,1H3/p+1. The predicted octanol–water partition coefficient (Wildman–Crippen LogP) is 2.77. The number of fused-ring (bicyclic) bond motifs is 4.